The molecule has 2 atom stereocenters. The Balaban J connectivity index is 3.95. The van der Waals surface area contributed by atoms with Crippen LogP contribution in [-0.2, 0) is 14.3 Å². The SMILES string of the molecule is CC(COCC(C)C(=O)NC(CO)CO)NC(=O)C(C)C. The van der Waals surface area contributed by atoms with Gasteiger partial charge in [-0.15, -0.1) is 0 Å². The summed E-state index contributed by atoms with van der Waals surface area (Å²) >= 11 is 0. The fourth-order valence-electron chi connectivity index (χ4n) is 1.44. The maximum Gasteiger partial charge on any atom is 0.225 e. The van der Waals surface area contributed by atoms with E-state index in [2.05, 4.69) is 10.6 Å². The van der Waals surface area contributed by atoms with Crippen molar-refractivity contribution in [2.45, 2.75) is 39.8 Å². The summed E-state index contributed by atoms with van der Waals surface area (Å²) in [5.41, 5.74) is 0. The zero-order valence-corrected chi connectivity index (χ0v) is 13.3. The average molecular weight is 304 g/mol. The van der Waals surface area contributed by atoms with E-state index in [9.17, 15) is 9.59 Å². The van der Waals surface area contributed by atoms with Crippen molar-refractivity contribution in [1.82, 2.24) is 10.6 Å². The van der Waals surface area contributed by atoms with Crippen molar-refractivity contribution in [3.8, 4) is 0 Å². The van der Waals surface area contributed by atoms with Crippen LogP contribution in [0.3, 0.4) is 0 Å². The lowest BCUT2D eigenvalue weighted by atomic mass is 10.1. The molecule has 2 unspecified atom stereocenters. The van der Waals surface area contributed by atoms with Gasteiger partial charge in [0.25, 0.3) is 0 Å². The standard InChI is InChI=1S/C14H28N2O5/c1-9(2)13(19)15-11(4)8-21-7-10(3)14(20)16-12(5-17)6-18/h9-12,17-18H,5-8H2,1-4H3,(H,15,19)(H,16,20). The number of rotatable bonds is 10. The Hall–Kier alpha value is -1.18. The first-order valence-electron chi connectivity index (χ1n) is 7.22. The first-order chi connectivity index (χ1) is 9.81. The van der Waals surface area contributed by atoms with Gasteiger partial charge in [-0.2, -0.15) is 0 Å². The minimum atomic E-state index is -0.649. The summed E-state index contributed by atoms with van der Waals surface area (Å²) in [6.45, 7) is 7.05. The number of nitrogens with one attached hydrogen (secondary N) is 2. The number of hydrogen-bond donors (Lipinski definition) is 4. The Labute approximate surface area is 126 Å². The Morgan fingerprint density at radius 2 is 1.52 bits per heavy atom. The van der Waals surface area contributed by atoms with Crippen molar-refractivity contribution in [3.63, 3.8) is 0 Å². The molecule has 0 fully saturated rings. The van der Waals surface area contributed by atoms with Crippen LogP contribution < -0.4 is 10.6 Å². The van der Waals surface area contributed by atoms with Crippen molar-refractivity contribution in [2.24, 2.45) is 11.8 Å². The normalized spacial score (nSPS) is 14.1. The van der Waals surface area contributed by atoms with E-state index in [0.717, 1.165) is 0 Å². The fraction of sp³-hybridized carbons (Fsp3) is 0.857. The Kier molecular flexibility index (Phi) is 9.94. The van der Waals surface area contributed by atoms with Gasteiger partial charge in [0.05, 0.1) is 38.4 Å². The smallest absolute Gasteiger partial charge is 0.225 e. The lowest BCUT2D eigenvalue weighted by Crippen LogP contribution is -2.44. The molecule has 0 aromatic heterocycles. The van der Waals surface area contributed by atoms with Crippen LogP contribution in [0.4, 0.5) is 0 Å². The molecule has 0 bridgehead atoms. The van der Waals surface area contributed by atoms with E-state index >= 15 is 0 Å². The van der Waals surface area contributed by atoms with Crippen LogP contribution in [-0.4, -0.2) is 60.5 Å². The van der Waals surface area contributed by atoms with Gasteiger partial charge in [-0.1, -0.05) is 20.8 Å². The molecule has 2 amide bonds. The first kappa shape index (κ1) is 19.8. The van der Waals surface area contributed by atoms with Gasteiger partial charge in [-0.05, 0) is 6.92 Å². The van der Waals surface area contributed by atoms with E-state index in [0.29, 0.717) is 6.61 Å². The summed E-state index contributed by atoms with van der Waals surface area (Å²) in [7, 11) is 0. The zero-order valence-electron chi connectivity index (χ0n) is 13.3. The number of aliphatic hydroxyl groups excluding tert-OH is 2. The molecule has 0 aliphatic heterocycles. The van der Waals surface area contributed by atoms with Crippen molar-refractivity contribution >= 4 is 11.8 Å². The highest BCUT2D eigenvalue weighted by molar-refractivity contribution is 5.79. The van der Waals surface area contributed by atoms with Crippen molar-refractivity contribution in [2.75, 3.05) is 26.4 Å². The summed E-state index contributed by atoms with van der Waals surface area (Å²) < 4.78 is 5.41. The number of aliphatic hydroxyl groups is 2. The highest BCUT2D eigenvalue weighted by Crippen LogP contribution is 1.99. The van der Waals surface area contributed by atoms with E-state index in [-0.39, 0.29) is 43.6 Å². The quantitative estimate of drug-likeness (QED) is 0.425. The van der Waals surface area contributed by atoms with Crippen LogP contribution in [0.15, 0.2) is 0 Å². The Morgan fingerprint density at radius 1 is 0.952 bits per heavy atom. The summed E-state index contributed by atoms with van der Waals surface area (Å²) in [5.74, 6) is -0.808. The van der Waals surface area contributed by atoms with Crippen molar-refractivity contribution in [3.05, 3.63) is 0 Å². The first-order valence-corrected chi connectivity index (χ1v) is 7.22. The third-order valence-electron chi connectivity index (χ3n) is 2.88. The zero-order chi connectivity index (χ0) is 16.4. The summed E-state index contributed by atoms with van der Waals surface area (Å²) in [6, 6.07) is -0.776. The lowest BCUT2D eigenvalue weighted by Gasteiger charge is -2.19. The van der Waals surface area contributed by atoms with Crippen LogP contribution in [0.25, 0.3) is 0 Å². The van der Waals surface area contributed by atoms with Gasteiger partial charge in [0.1, 0.15) is 0 Å². The van der Waals surface area contributed by atoms with Gasteiger partial charge in [0.15, 0.2) is 0 Å². The minimum absolute atomic E-state index is 0.0365. The molecular weight excluding hydrogens is 276 g/mol. The molecule has 0 heterocycles. The number of hydrogen-bond acceptors (Lipinski definition) is 5. The maximum absolute atomic E-state index is 11.7. The van der Waals surface area contributed by atoms with Crippen LogP contribution in [0.2, 0.25) is 0 Å². The summed E-state index contributed by atoms with van der Waals surface area (Å²) in [4.78, 5) is 23.2. The van der Waals surface area contributed by atoms with E-state index < -0.39 is 12.0 Å². The molecule has 0 saturated carbocycles. The van der Waals surface area contributed by atoms with Crippen LogP contribution in [0.5, 0.6) is 0 Å². The third-order valence-corrected chi connectivity index (χ3v) is 2.88. The number of carbonyl (C=O) groups excluding carboxylic acids is 2. The van der Waals surface area contributed by atoms with E-state index in [1.165, 1.54) is 0 Å². The predicted octanol–water partition coefficient (Wildman–Crippen LogP) is -0.731. The largest absolute Gasteiger partial charge is 0.394 e. The summed E-state index contributed by atoms with van der Waals surface area (Å²) in [6.07, 6.45) is 0. The van der Waals surface area contributed by atoms with Gasteiger partial charge < -0.3 is 25.6 Å². The molecule has 0 aliphatic rings. The molecular formula is C14H28N2O5. The lowest BCUT2D eigenvalue weighted by molar-refractivity contribution is -0.128. The molecule has 0 aliphatic carbocycles. The van der Waals surface area contributed by atoms with Crippen LogP contribution in [0, 0.1) is 11.8 Å². The van der Waals surface area contributed by atoms with Crippen LogP contribution in [0.1, 0.15) is 27.7 Å². The molecule has 0 aromatic carbocycles. The molecule has 0 spiro atoms. The van der Waals surface area contributed by atoms with E-state index in [1.54, 1.807) is 6.92 Å². The molecule has 7 heteroatoms. The van der Waals surface area contributed by atoms with Gasteiger partial charge in [0, 0.05) is 12.0 Å². The monoisotopic (exact) mass is 304 g/mol. The molecule has 0 radical (unpaired) electrons. The molecule has 0 aromatic rings. The van der Waals surface area contributed by atoms with Crippen molar-refractivity contribution < 1.29 is 24.5 Å². The summed E-state index contributed by atoms with van der Waals surface area (Å²) in [5, 5.41) is 23.1. The predicted molar refractivity (Wildman–Crippen MR) is 78.5 cm³/mol. The molecule has 4 N–H and O–H groups in total. The second-order valence-corrected chi connectivity index (χ2v) is 5.57. The molecule has 0 saturated heterocycles. The fourth-order valence-corrected chi connectivity index (χ4v) is 1.44. The Morgan fingerprint density at radius 3 is 2.00 bits per heavy atom. The average Bonchev–Trinajstić information content (AvgIpc) is 2.43. The number of ether oxygens (including phenoxy) is 1. The number of amides is 2. The molecule has 124 valence electrons. The minimum Gasteiger partial charge on any atom is -0.394 e. The number of carbonyl (C=O) groups is 2. The third kappa shape index (κ3) is 8.64. The molecule has 7 nitrogen and oxygen atoms in total. The topological polar surface area (TPSA) is 108 Å². The van der Waals surface area contributed by atoms with Gasteiger partial charge in [-0.25, -0.2) is 0 Å². The van der Waals surface area contributed by atoms with Crippen molar-refractivity contribution in [1.29, 1.82) is 0 Å². The van der Waals surface area contributed by atoms with Gasteiger partial charge >= 0.3 is 0 Å². The van der Waals surface area contributed by atoms with Crippen LogP contribution >= 0.6 is 0 Å². The molecule has 0 rings (SSSR count). The van der Waals surface area contributed by atoms with E-state index in [4.69, 9.17) is 14.9 Å². The van der Waals surface area contributed by atoms with Gasteiger partial charge in [0.2, 0.25) is 11.8 Å². The highest BCUT2D eigenvalue weighted by atomic mass is 16.5. The highest BCUT2D eigenvalue weighted by Gasteiger charge is 2.17. The second kappa shape index (κ2) is 10.5. The van der Waals surface area contributed by atoms with Gasteiger partial charge in [-0.3, -0.25) is 9.59 Å². The van der Waals surface area contributed by atoms with E-state index in [1.807, 2.05) is 20.8 Å². The maximum atomic E-state index is 11.7. The Bertz CT molecular complexity index is 318. The molecule has 21 heavy (non-hydrogen) atoms. The second-order valence-electron chi connectivity index (χ2n) is 5.57.